The van der Waals surface area contributed by atoms with Crippen LogP contribution >= 0.6 is 39.1 Å². The van der Waals surface area contributed by atoms with Gasteiger partial charge in [0.1, 0.15) is 9.66 Å². The average Bonchev–Trinajstić information content (AvgIpc) is 1.63. The van der Waals surface area contributed by atoms with Gasteiger partial charge in [-0.2, -0.15) is 0 Å². The molecule has 0 bridgehead atoms. The Morgan fingerprint density at radius 3 is 2.22 bits per heavy atom. The van der Waals surface area contributed by atoms with Gasteiger partial charge >= 0.3 is 5.97 Å². The Kier molecular flexibility index (Phi) is 4.62. The molecule has 0 heterocycles. The van der Waals surface area contributed by atoms with Crippen LogP contribution in [0, 0.1) is 0 Å². The van der Waals surface area contributed by atoms with Crippen molar-refractivity contribution in [2.75, 3.05) is 0 Å². The van der Waals surface area contributed by atoms with Gasteiger partial charge in [0.05, 0.1) is 0 Å². The van der Waals surface area contributed by atoms with Crippen molar-refractivity contribution in [3.05, 3.63) is 0 Å². The van der Waals surface area contributed by atoms with E-state index in [0.717, 1.165) is 0 Å². The standard InChI is InChI=1S/C4H5BrCl2O2/c5-2(4(8)9)1-3(6)7/h2-3H,1H2,(H,8,9). The van der Waals surface area contributed by atoms with Crippen LogP contribution in [0.1, 0.15) is 6.42 Å². The van der Waals surface area contributed by atoms with Crippen LogP contribution in [0.3, 0.4) is 0 Å². The van der Waals surface area contributed by atoms with E-state index in [1.165, 1.54) is 0 Å². The molecule has 54 valence electrons. The van der Waals surface area contributed by atoms with E-state index in [4.69, 9.17) is 28.3 Å². The summed E-state index contributed by atoms with van der Waals surface area (Å²) in [5, 5.41) is 8.27. The smallest absolute Gasteiger partial charge is 0.317 e. The molecule has 0 amide bonds. The molecule has 0 aromatic heterocycles. The van der Waals surface area contributed by atoms with E-state index in [-0.39, 0.29) is 6.42 Å². The number of carboxylic acid groups (broad SMARTS) is 1. The van der Waals surface area contributed by atoms with Crippen LogP contribution in [0.4, 0.5) is 0 Å². The van der Waals surface area contributed by atoms with Gasteiger partial charge in [-0.1, -0.05) is 15.9 Å². The molecule has 0 aliphatic heterocycles. The number of aliphatic carboxylic acids is 1. The van der Waals surface area contributed by atoms with E-state index < -0.39 is 15.6 Å². The van der Waals surface area contributed by atoms with Gasteiger partial charge in [0.25, 0.3) is 0 Å². The molecule has 1 unspecified atom stereocenters. The SMILES string of the molecule is O=C(O)C(Br)CC(Cl)Cl. The van der Waals surface area contributed by atoms with E-state index in [1.54, 1.807) is 0 Å². The Balaban J connectivity index is 3.50. The molecule has 0 aromatic carbocycles. The molecule has 0 rings (SSSR count). The Morgan fingerprint density at radius 2 is 2.11 bits per heavy atom. The molecule has 0 radical (unpaired) electrons. The fourth-order valence-corrected chi connectivity index (χ4v) is 1.42. The van der Waals surface area contributed by atoms with Crippen molar-refractivity contribution in [1.82, 2.24) is 0 Å². The van der Waals surface area contributed by atoms with Crippen molar-refractivity contribution in [1.29, 1.82) is 0 Å². The zero-order valence-electron chi connectivity index (χ0n) is 4.35. The summed E-state index contributed by atoms with van der Waals surface area (Å²) in [7, 11) is 0. The Morgan fingerprint density at radius 1 is 1.67 bits per heavy atom. The van der Waals surface area contributed by atoms with Gasteiger partial charge in [-0.05, 0) is 0 Å². The van der Waals surface area contributed by atoms with Crippen molar-refractivity contribution in [3.63, 3.8) is 0 Å². The van der Waals surface area contributed by atoms with Crippen molar-refractivity contribution >= 4 is 45.1 Å². The molecule has 0 aliphatic carbocycles. The number of carboxylic acids is 1. The fourth-order valence-electron chi connectivity index (χ4n) is 0.257. The molecule has 0 fully saturated rings. The van der Waals surface area contributed by atoms with Crippen LogP contribution in [-0.4, -0.2) is 20.7 Å². The predicted octanol–water partition coefficient (Wildman–Crippen LogP) is 2.03. The van der Waals surface area contributed by atoms with Gasteiger partial charge in [0, 0.05) is 6.42 Å². The molecular formula is C4H5BrCl2O2. The zero-order chi connectivity index (χ0) is 7.44. The largest absolute Gasteiger partial charge is 0.480 e. The highest BCUT2D eigenvalue weighted by molar-refractivity contribution is 9.10. The van der Waals surface area contributed by atoms with Gasteiger partial charge in [0.2, 0.25) is 0 Å². The minimum Gasteiger partial charge on any atom is -0.480 e. The average molecular weight is 236 g/mol. The van der Waals surface area contributed by atoms with Crippen LogP contribution in [-0.2, 0) is 4.79 Å². The second-order valence-electron chi connectivity index (χ2n) is 1.43. The van der Waals surface area contributed by atoms with Crippen LogP contribution in [0.2, 0.25) is 0 Å². The van der Waals surface area contributed by atoms with E-state index in [9.17, 15) is 4.79 Å². The maximum Gasteiger partial charge on any atom is 0.317 e. The third-order valence-corrected chi connectivity index (χ3v) is 1.77. The van der Waals surface area contributed by atoms with Gasteiger partial charge < -0.3 is 5.11 Å². The number of halogens is 3. The van der Waals surface area contributed by atoms with E-state index >= 15 is 0 Å². The summed E-state index contributed by atoms with van der Waals surface area (Å²) >= 11 is 13.5. The Hall–Kier alpha value is 0.530. The maximum absolute atomic E-state index is 10.1. The third kappa shape index (κ3) is 5.00. The minimum atomic E-state index is -0.943. The van der Waals surface area contributed by atoms with Crippen LogP contribution < -0.4 is 0 Å². The first kappa shape index (κ1) is 9.53. The molecule has 1 atom stereocenters. The van der Waals surface area contributed by atoms with Gasteiger partial charge in [-0.15, -0.1) is 23.2 Å². The van der Waals surface area contributed by atoms with Crippen molar-refractivity contribution in [2.45, 2.75) is 16.1 Å². The van der Waals surface area contributed by atoms with Crippen LogP contribution in [0.15, 0.2) is 0 Å². The van der Waals surface area contributed by atoms with Gasteiger partial charge in [0.15, 0.2) is 0 Å². The molecule has 0 saturated carbocycles. The first-order valence-corrected chi connectivity index (χ1v) is 3.98. The summed E-state index contributed by atoms with van der Waals surface area (Å²) in [5.74, 6) is -0.943. The molecule has 9 heavy (non-hydrogen) atoms. The normalized spacial score (nSPS) is 13.8. The number of rotatable bonds is 3. The summed E-state index contributed by atoms with van der Waals surface area (Å²) in [6.07, 6.45) is 0.221. The number of hydrogen-bond acceptors (Lipinski definition) is 1. The number of hydrogen-bond donors (Lipinski definition) is 1. The van der Waals surface area contributed by atoms with Crippen molar-refractivity contribution in [2.24, 2.45) is 0 Å². The Bertz CT molecular complexity index is 107. The molecular weight excluding hydrogens is 231 g/mol. The minimum absolute atomic E-state index is 0.221. The van der Waals surface area contributed by atoms with Crippen LogP contribution in [0.25, 0.3) is 0 Å². The quantitative estimate of drug-likeness (QED) is 0.761. The lowest BCUT2D eigenvalue weighted by Crippen LogP contribution is -2.14. The van der Waals surface area contributed by atoms with Crippen molar-refractivity contribution in [3.8, 4) is 0 Å². The number of alkyl halides is 3. The highest BCUT2D eigenvalue weighted by Crippen LogP contribution is 2.15. The molecule has 2 nitrogen and oxygen atoms in total. The summed E-state index contributed by atoms with van der Waals surface area (Å²) in [5.41, 5.74) is 0. The lowest BCUT2D eigenvalue weighted by Gasteiger charge is -2.02. The summed E-state index contributed by atoms with van der Waals surface area (Å²) in [6, 6.07) is 0. The second kappa shape index (κ2) is 4.36. The summed E-state index contributed by atoms with van der Waals surface area (Å²) < 4.78 is 0. The molecule has 0 saturated heterocycles. The predicted molar refractivity (Wildman–Crippen MR) is 40.5 cm³/mol. The first-order chi connectivity index (χ1) is 4.04. The topological polar surface area (TPSA) is 37.3 Å². The third-order valence-electron chi connectivity index (χ3n) is 0.653. The lowest BCUT2D eigenvalue weighted by atomic mass is 10.3. The molecule has 0 aromatic rings. The lowest BCUT2D eigenvalue weighted by molar-refractivity contribution is -0.136. The highest BCUT2D eigenvalue weighted by Gasteiger charge is 2.15. The van der Waals surface area contributed by atoms with E-state index in [1.807, 2.05) is 0 Å². The summed E-state index contributed by atoms with van der Waals surface area (Å²) in [4.78, 5) is 8.81. The Labute approximate surface area is 71.3 Å². The van der Waals surface area contributed by atoms with Crippen molar-refractivity contribution < 1.29 is 9.90 Å². The molecule has 5 heteroatoms. The molecule has 0 aliphatic rings. The van der Waals surface area contributed by atoms with Gasteiger partial charge in [-0.3, -0.25) is 4.79 Å². The summed E-state index contributed by atoms with van der Waals surface area (Å²) in [6.45, 7) is 0. The zero-order valence-corrected chi connectivity index (χ0v) is 7.45. The second-order valence-corrected chi connectivity index (χ2v) is 3.81. The fraction of sp³-hybridized carbons (Fsp3) is 0.750. The number of carbonyl (C=O) groups is 1. The van der Waals surface area contributed by atoms with E-state index in [2.05, 4.69) is 15.9 Å². The molecule has 1 N–H and O–H groups in total. The molecule has 0 spiro atoms. The van der Waals surface area contributed by atoms with Crippen LogP contribution in [0.5, 0.6) is 0 Å². The highest BCUT2D eigenvalue weighted by atomic mass is 79.9. The van der Waals surface area contributed by atoms with Gasteiger partial charge in [-0.25, -0.2) is 0 Å². The first-order valence-electron chi connectivity index (χ1n) is 2.19. The monoisotopic (exact) mass is 234 g/mol. The van der Waals surface area contributed by atoms with E-state index in [0.29, 0.717) is 0 Å². The maximum atomic E-state index is 10.1.